The Bertz CT molecular complexity index is 190. The molecule has 0 radical (unpaired) electrons. The summed E-state index contributed by atoms with van der Waals surface area (Å²) in [5.41, 5.74) is 0. The van der Waals surface area contributed by atoms with Crippen molar-refractivity contribution in [1.82, 2.24) is 15.3 Å². The van der Waals surface area contributed by atoms with Gasteiger partial charge in [0, 0.05) is 24.7 Å². The van der Waals surface area contributed by atoms with Crippen LogP contribution in [-0.4, -0.2) is 29.3 Å². The zero-order chi connectivity index (χ0) is 7.94. The van der Waals surface area contributed by atoms with E-state index in [0.29, 0.717) is 0 Å². The number of rotatable bonds is 4. The molecule has 11 heavy (non-hydrogen) atoms. The molecule has 1 aromatic heterocycles. The summed E-state index contributed by atoms with van der Waals surface area (Å²) in [5, 5.41) is 3.91. The second-order valence-corrected chi connectivity index (χ2v) is 3.05. The minimum Gasteiger partial charge on any atom is -0.319 e. The molecule has 0 aliphatic carbocycles. The molecular weight excluding hydrogens is 158 g/mol. The minimum atomic E-state index is 0.850. The van der Waals surface area contributed by atoms with E-state index in [9.17, 15) is 0 Å². The molecule has 0 spiro atoms. The number of nitrogens with zero attached hydrogens (tertiary/aromatic N) is 2. The van der Waals surface area contributed by atoms with Crippen LogP contribution in [0.25, 0.3) is 0 Å². The smallest absolute Gasteiger partial charge is 0.187 e. The van der Waals surface area contributed by atoms with Crippen LogP contribution in [0.4, 0.5) is 0 Å². The van der Waals surface area contributed by atoms with Crippen molar-refractivity contribution in [3.8, 4) is 0 Å². The molecule has 1 N–H and O–H groups in total. The lowest BCUT2D eigenvalue weighted by molar-refractivity contribution is 0.867. The number of aromatic nitrogens is 2. The summed E-state index contributed by atoms with van der Waals surface area (Å²) in [5.74, 6) is 1.01. The quantitative estimate of drug-likeness (QED) is 0.411. The highest BCUT2D eigenvalue weighted by Gasteiger charge is 1.92. The van der Waals surface area contributed by atoms with E-state index in [1.165, 1.54) is 0 Å². The molecule has 0 unspecified atom stereocenters. The third-order valence-corrected chi connectivity index (χ3v) is 2.00. The van der Waals surface area contributed by atoms with Crippen LogP contribution in [0.15, 0.2) is 23.6 Å². The lowest BCUT2D eigenvalue weighted by Crippen LogP contribution is -2.09. The fraction of sp³-hybridized carbons (Fsp3) is 0.429. The highest BCUT2D eigenvalue weighted by molar-refractivity contribution is 7.99. The van der Waals surface area contributed by atoms with Crippen molar-refractivity contribution in [3.63, 3.8) is 0 Å². The molecule has 1 aromatic rings. The van der Waals surface area contributed by atoms with Crippen molar-refractivity contribution >= 4 is 11.8 Å². The first kappa shape index (κ1) is 8.49. The molecule has 0 fully saturated rings. The minimum absolute atomic E-state index is 0.850. The second-order valence-electron chi connectivity index (χ2n) is 1.98. The van der Waals surface area contributed by atoms with Crippen molar-refractivity contribution in [3.05, 3.63) is 18.5 Å². The van der Waals surface area contributed by atoms with E-state index in [4.69, 9.17) is 0 Å². The van der Waals surface area contributed by atoms with Gasteiger partial charge in [0.1, 0.15) is 0 Å². The number of nitrogens with one attached hydrogen (secondary N) is 1. The average molecular weight is 169 g/mol. The summed E-state index contributed by atoms with van der Waals surface area (Å²) in [6.45, 7) is 0.989. The monoisotopic (exact) mass is 169 g/mol. The third-order valence-electron chi connectivity index (χ3n) is 1.13. The van der Waals surface area contributed by atoms with Crippen molar-refractivity contribution in [2.45, 2.75) is 5.16 Å². The second kappa shape index (κ2) is 5.09. The molecular formula is C7H11N3S. The molecule has 0 atom stereocenters. The Morgan fingerprint density at radius 3 is 2.82 bits per heavy atom. The van der Waals surface area contributed by atoms with Gasteiger partial charge in [-0.3, -0.25) is 0 Å². The van der Waals surface area contributed by atoms with Gasteiger partial charge in [-0.25, -0.2) is 9.97 Å². The first-order valence-corrected chi connectivity index (χ1v) is 4.46. The Hall–Kier alpha value is -0.610. The maximum atomic E-state index is 4.07. The van der Waals surface area contributed by atoms with Crippen LogP contribution in [0, 0.1) is 0 Å². The molecule has 0 saturated carbocycles. The zero-order valence-corrected chi connectivity index (χ0v) is 7.27. The summed E-state index contributed by atoms with van der Waals surface area (Å²) in [7, 11) is 1.94. The molecule has 1 rings (SSSR count). The Kier molecular flexibility index (Phi) is 3.93. The van der Waals surface area contributed by atoms with Gasteiger partial charge in [-0.1, -0.05) is 11.8 Å². The third kappa shape index (κ3) is 3.34. The number of hydrogen-bond acceptors (Lipinski definition) is 4. The Balaban J connectivity index is 2.28. The first-order valence-electron chi connectivity index (χ1n) is 3.48. The van der Waals surface area contributed by atoms with E-state index >= 15 is 0 Å². The summed E-state index contributed by atoms with van der Waals surface area (Å²) >= 11 is 1.66. The summed E-state index contributed by atoms with van der Waals surface area (Å²) < 4.78 is 0. The van der Waals surface area contributed by atoms with Gasteiger partial charge in [0.05, 0.1) is 0 Å². The number of thioether (sulfide) groups is 1. The van der Waals surface area contributed by atoms with E-state index < -0.39 is 0 Å². The standard InChI is InChI=1S/C7H11N3S/c1-8-5-6-11-7-9-3-2-4-10-7/h2-4,8H,5-6H2,1H3. The molecule has 0 aliphatic rings. The van der Waals surface area contributed by atoms with Gasteiger partial charge in [0.25, 0.3) is 0 Å². The molecule has 0 amide bonds. The van der Waals surface area contributed by atoms with Gasteiger partial charge in [-0.2, -0.15) is 0 Å². The Morgan fingerprint density at radius 1 is 1.45 bits per heavy atom. The van der Waals surface area contributed by atoms with Crippen LogP contribution in [0.1, 0.15) is 0 Å². The van der Waals surface area contributed by atoms with Crippen molar-refractivity contribution in [1.29, 1.82) is 0 Å². The van der Waals surface area contributed by atoms with Crippen LogP contribution < -0.4 is 5.32 Å². The van der Waals surface area contributed by atoms with Gasteiger partial charge >= 0.3 is 0 Å². The van der Waals surface area contributed by atoms with Gasteiger partial charge in [-0.05, 0) is 13.1 Å². The topological polar surface area (TPSA) is 37.8 Å². The maximum Gasteiger partial charge on any atom is 0.187 e. The molecule has 60 valence electrons. The zero-order valence-electron chi connectivity index (χ0n) is 6.45. The van der Waals surface area contributed by atoms with Gasteiger partial charge in [0.15, 0.2) is 5.16 Å². The largest absolute Gasteiger partial charge is 0.319 e. The van der Waals surface area contributed by atoms with Crippen LogP contribution in [0.2, 0.25) is 0 Å². The van der Waals surface area contributed by atoms with Crippen molar-refractivity contribution in [2.24, 2.45) is 0 Å². The molecule has 0 aliphatic heterocycles. The normalized spacial score (nSPS) is 9.91. The summed E-state index contributed by atoms with van der Waals surface area (Å²) in [6, 6.07) is 1.82. The first-order chi connectivity index (χ1) is 5.43. The fourth-order valence-electron chi connectivity index (χ4n) is 0.604. The Labute approximate surface area is 70.6 Å². The van der Waals surface area contributed by atoms with Crippen molar-refractivity contribution in [2.75, 3.05) is 19.3 Å². The van der Waals surface area contributed by atoms with E-state index in [-0.39, 0.29) is 0 Å². The van der Waals surface area contributed by atoms with E-state index in [1.54, 1.807) is 24.2 Å². The van der Waals surface area contributed by atoms with Gasteiger partial charge in [0.2, 0.25) is 0 Å². The molecule has 0 saturated heterocycles. The van der Waals surface area contributed by atoms with E-state index in [1.807, 2.05) is 13.1 Å². The van der Waals surface area contributed by atoms with E-state index in [0.717, 1.165) is 17.5 Å². The lowest BCUT2D eigenvalue weighted by Gasteiger charge is -1.96. The van der Waals surface area contributed by atoms with Crippen molar-refractivity contribution < 1.29 is 0 Å². The molecule has 0 aromatic carbocycles. The molecule has 1 heterocycles. The summed E-state index contributed by atoms with van der Waals surface area (Å²) in [4.78, 5) is 8.15. The van der Waals surface area contributed by atoms with E-state index in [2.05, 4.69) is 15.3 Å². The molecule has 3 nitrogen and oxygen atoms in total. The van der Waals surface area contributed by atoms with Gasteiger partial charge in [-0.15, -0.1) is 0 Å². The Morgan fingerprint density at radius 2 is 2.18 bits per heavy atom. The predicted octanol–water partition coefficient (Wildman–Crippen LogP) is 0.788. The maximum absolute atomic E-state index is 4.07. The van der Waals surface area contributed by atoms with Crippen LogP contribution in [-0.2, 0) is 0 Å². The van der Waals surface area contributed by atoms with Crippen LogP contribution in [0.3, 0.4) is 0 Å². The fourth-order valence-corrected chi connectivity index (χ4v) is 1.36. The van der Waals surface area contributed by atoms with Crippen LogP contribution >= 0.6 is 11.8 Å². The van der Waals surface area contributed by atoms with Crippen LogP contribution in [0.5, 0.6) is 0 Å². The van der Waals surface area contributed by atoms with Gasteiger partial charge < -0.3 is 5.32 Å². The molecule has 0 bridgehead atoms. The highest BCUT2D eigenvalue weighted by atomic mass is 32.2. The summed E-state index contributed by atoms with van der Waals surface area (Å²) in [6.07, 6.45) is 3.52. The average Bonchev–Trinajstić information content (AvgIpc) is 2.07. The lowest BCUT2D eigenvalue weighted by atomic mass is 10.7. The number of hydrogen-bond donors (Lipinski definition) is 1. The predicted molar refractivity (Wildman–Crippen MR) is 46.7 cm³/mol. The highest BCUT2D eigenvalue weighted by Crippen LogP contribution is 2.08. The molecule has 4 heteroatoms. The SMILES string of the molecule is CNCCSc1ncccn1.